The van der Waals surface area contributed by atoms with E-state index in [0.717, 1.165) is 12.1 Å². The van der Waals surface area contributed by atoms with Gasteiger partial charge in [-0.25, -0.2) is 10.4 Å². The zero-order chi connectivity index (χ0) is 25.5. The molecule has 35 heavy (non-hydrogen) atoms. The quantitative estimate of drug-likeness (QED) is 0.253. The summed E-state index contributed by atoms with van der Waals surface area (Å²) in [6.07, 6.45) is -2.67. The first-order valence-corrected chi connectivity index (χ1v) is 11.1. The lowest BCUT2D eigenvalue weighted by molar-refractivity contribution is -0.137. The predicted octanol–water partition coefficient (Wildman–Crippen LogP) is 3.77. The van der Waals surface area contributed by atoms with Crippen LogP contribution in [0.3, 0.4) is 0 Å². The van der Waals surface area contributed by atoms with E-state index in [4.69, 9.17) is 14.6 Å². The van der Waals surface area contributed by atoms with Gasteiger partial charge < -0.3 is 14.6 Å². The molecule has 1 aliphatic heterocycles. The Hall–Kier alpha value is -3.37. The maximum atomic E-state index is 13.1. The molecule has 0 aliphatic carbocycles. The van der Waals surface area contributed by atoms with Gasteiger partial charge in [-0.15, -0.1) is 6.58 Å². The Bertz CT molecular complexity index is 1040. The number of carbonyl (C=O) groups is 1. The van der Waals surface area contributed by atoms with Gasteiger partial charge in [0.1, 0.15) is 11.9 Å². The molecule has 7 nitrogen and oxygen atoms in total. The van der Waals surface area contributed by atoms with Crippen molar-refractivity contribution in [3.05, 3.63) is 77.9 Å². The fourth-order valence-electron chi connectivity index (χ4n) is 3.55. The zero-order valence-corrected chi connectivity index (χ0v) is 19.3. The van der Waals surface area contributed by atoms with Crippen LogP contribution in [0.5, 0.6) is 5.75 Å². The van der Waals surface area contributed by atoms with E-state index in [1.165, 1.54) is 12.1 Å². The number of aliphatic hydroxyl groups is 1. The van der Waals surface area contributed by atoms with Gasteiger partial charge in [-0.3, -0.25) is 10.2 Å². The topological polar surface area (TPSA) is 92.2 Å². The molecule has 2 aromatic rings. The smallest absolute Gasteiger partial charge is 0.416 e. The molecule has 0 spiro atoms. The number of ether oxygens (including phenoxy) is 2. The maximum absolute atomic E-state index is 13.1. The van der Waals surface area contributed by atoms with Crippen LogP contribution in [0, 0.1) is 0 Å². The number of aliphatic hydroxyl groups excluding tert-OH is 1. The minimum absolute atomic E-state index is 0.0489. The number of hydrogen-bond acceptors (Lipinski definition) is 6. The first kappa shape index (κ1) is 26.2. The van der Waals surface area contributed by atoms with E-state index >= 15 is 0 Å². The molecule has 10 heteroatoms. The third-order valence-electron chi connectivity index (χ3n) is 5.56. The van der Waals surface area contributed by atoms with Crippen molar-refractivity contribution >= 4 is 11.8 Å². The molecule has 3 rings (SSSR count). The molecule has 3 N–H and O–H groups in total. The minimum Gasteiger partial charge on any atom is -0.494 e. The number of nitrogens with zero attached hydrogens (tertiary/aromatic N) is 1. The Morgan fingerprint density at radius 3 is 2.51 bits per heavy atom. The molecule has 0 aromatic heterocycles. The number of hydrogen-bond donors (Lipinski definition) is 3. The molecule has 2 aromatic carbocycles. The van der Waals surface area contributed by atoms with E-state index in [1.54, 1.807) is 37.3 Å². The van der Waals surface area contributed by atoms with Crippen molar-refractivity contribution in [1.29, 1.82) is 0 Å². The average Bonchev–Trinajstić information content (AvgIpc) is 3.17. The van der Waals surface area contributed by atoms with Gasteiger partial charge in [0.25, 0.3) is 5.91 Å². The summed E-state index contributed by atoms with van der Waals surface area (Å²) in [5, 5.41) is 8.85. The fourth-order valence-corrected chi connectivity index (χ4v) is 3.55. The number of carbonyl (C=O) groups excluding carboxylic acids is 1. The summed E-state index contributed by atoms with van der Waals surface area (Å²) < 4.78 is 49.6. The van der Waals surface area contributed by atoms with Gasteiger partial charge in [0, 0.05) is 31.6 Å². The van der Waals surface area contributed by atoms with Crippen LogP contribution in [0.1, 0.15) is 36.5 Å². The minimum atomic E-state index is -4.40. The second-order valence-corrected chi connectivity index (χ2v) is 8.05. The Balaban J connectivity index is 1.67. The van der Waals surface area contributed by atoms with Crippen LogP contribution in [0.2, 0.25) is 0 Å². The first-order chi connectivity index (χ1) is 16.7. The number of nitrogens with one attached hydrogen (secondary N) is 2. The Morgan fingerprint density at radius 2 is 1.91 bits per heavy atom. The van der Waals surface area contributed by atoms with Gasteiger partial charge in [0.05, 0.1) is 12.2 Å². The third kappa shape index (κ3) is 6.40. The van der Waals surface area contributed by atoms with Gasteiger partial charge in [0.2, 0.25) is 5.90 Å². The number of aliphatic imine (C=N–C) groups is 1. The van der Waals surface area contributed by atoms with Crippen molar-refractivity contribution in [3.63, 3.8) is 0 Å². The van der Waals surface area contributed by atoms with Gasteiger partial charge in [-0.05, 0) is 48.9 Å². The summed E-state index contributed by atoms with van der Waals surface area (Å²) in [7, 11) is 0. The van der Waals surface area contributed by atoms with E-state index in [-0.39, 0.29) is 19.6 Å². The average molecular weight is 492 g/mol. The van der Waals surface area contributed by atoms with Crippen molar-refractivity contribution in [2.24, 2.45) is 4.99 Å². The molecule has 0 saturated heterocycles. The highest BCUT2D eigenvalue weighted by Gasteiger charge is 2.49. The monoisotopic (exact) mass is 491 g/mol. The molecule has 1 aliphatic rings. The van der Waals surface area contributed by atoms with E-state index in [2.05, 4.69) is 22.4 Å². The Kier molecular flexibility index (Phi) is 8.52. The van der Waals surface area contributed by atoms with Crippen molar-refractivity contribution in [1.82, 2.24) is 10.9 Å². The standard InChI is InChI=1S/C25H28F3N3O4/c1-3-13-24(23(33)31-29-16-18-5-9-20(10-6-18)25(26,27)28)17(2)35-22(30-24)19-7-11-21(12-8-19)34-15-4-14-32/h3,5-12,17,29,32H,1,4,13-16H2,2H3,(H,31,33)/t17-,24-/m0/s1. The maximum Gasteiger partial charge on any atom is 0.416 e. The summed E-state index contributed by atoms with van der Waals surface area (Å²) in [4.78, 5) is 17.7. The first-order valence-electron chi connectivity index (χ1n) is 11.1. The van der Waals surface area contributed by atoms with Crippen LogP contribution < -0.4 is 15.6 Å². The summed E-state index contributed by atoms with van der Waals surface area (Å²) in [5.74, 6) is 0.492. The van der Waals surface area contributed by atoms with E-state index in [1.807, 2.05) is 0 Å². The molecule has 0 unspecified atom stereocenters. The van der Waals surface area contributed by atoms with Crippen molar-refractivity contribution < 1.29 is 32.5 Å². The van der Waals surface area contributed by atoms with E-state index in [9.17, 15) is 18.0 Å². The van der Waals surface area contributed by atoms with E-state index < -0.39 is 29.3 Å². The number of alkyl halides is 3. The van der Waals surface area contributed by atoms with Crippen LogP contribution in [-0.4, -0.2) is 41.8 Å². The van der Waals surface area contributed by atoms with Crippen molar-refractivity contribution in [2.75, 3.05) is 13.2 Å². The van der Waals surface area contributed by atoms with Gasteiger partial charge in [-0.2, -0.15) is 13.2 Å². The second kappa shape index (κ2) is 11.4. The Labute approximate surface area is 201 Å². The summed E-state index contributed by atoms with van der Waals surface area (Å²) >= 11 is 0. The van der Waals surface area contributed by atoms with Gasteiger partial charge in [-0.1, -0.05) is 18.2 Å². The molecule has 0 radical (unpaired) electrons. The van der Waals surface area contributed by atoms with Gasteiger partial charge in [0.15, 0.2) is 5.54 Å². The summed E-state index contributed by atoms with van der Waals surface area (Å²) in [6.45, 7) is 6.04. The highest BCUT2D eigenvalue weighted by Crippen LogP contribution is 2.33. The summed E-state index contributed by atoms with van der Waals surface area (Å²) in [5.41, 5.74) is 4.59. The molecular weight excluding hydrogens is 463 g/mol. The second-order valence-electron chi connectivity index (χ2n) is 8.05. The van der Waals surface area contributed by atoms with Crippen LogP contribution >= 0.6 is 0 Å². The molecule has 1 heterocycles. The van der Waals surface area contributed by atoms with Crippen LogP contribution in [-0.2, 0) is 22.3 Å². The SMILES string of the molecule is C=CC[C@]1(C(=O)NNCc2ccc(C(F)(F)F)cc2)N=C(c2ccc(OCCCO)cc2)O[C@H]1C. The third-order valence-corrected chi connectivity index (χ3v) is 5.56. The lowest BCUT2D eigenvalue weighted by atomic mass is 9.90. The van der Waals surface area contributed by atoms with E-state index in [0.29, 0.717) is 35.8 Å². The normalized spacial score (nSPS) is 19.6. The van der Waals surface area contributed by atoms with Crippen molar-refractivity contribution in [2.45, 2.75) is 44.1 Å². The number of hydrazine groups is 1. The zero-order valence-electron chi connectivity index (χ0n) is 19.3. The highest BCUT2D eigenvalue weighted by atomic mass is 19.4. The molecule has 188 valence electrons. The van der Waals surface area contributed by atoms with Crippen LogP contribution in [0.25, 0.3) is 0 Å². The summed E-state index contributed by atoms with van der Waals surface area (Å²) in [6, 6.07) is 11.7. The predicted molar refractivity (Wildman–Crippen MR) is 125 cm³/mol. The molecular formula is C25H28F3N3O4. The number of amides is 1. The van der Waals surface area contributed by atoms with Gasteiger partial charge >= 0.3 is 6.18 Å². The largest absolute Gasteiger partial charge is 0.494 e. The van der Waals surface area contributed by atoms with Crippen LogP contribution in [0.15, 0.2) is 66.2 Å². The fraction of sp³-hybridized carbons (Fsp3) is 0.360. The number of benzene rings is 2. The molecule has 0 saturated carbocycles. The molecule has 2 atom stereocenters. The molecule has 1 amide bonds. The van der Waals surface area contributed by atoms with Crippen LogP contribution in [0.4, 0.5) is 13.2 Å². The lowest BCUT2D eigenvalue weighted by Gasteiger charge is -2.26. The highest BCUT2D eigenvalue weighted by molar-refractivity contribution is 6.00. The van der Waals surface area contributed by atoms with Crippen molar-refractivity contribution in [3.8, 4) is 5.75 Å². The number of rotatable bonds is 11. The lowest BCUT2D eigenvalue weighted by Crippen LogP contribution is -2.54. The Morgan fingerprint density at radius 1 is 1.23 bits per heavy atom. The molecule has 0 fully saturated rings. The number of halogens is 3. The molecule has 0 bridgehead atoms.